The lowest BCUT2D eigenvalue weighted by Crippen LogP contribution is -2.31. The Bertz CT molecular complexity index is 233. The quantitative estimate of drug-likeness (QED) is 0.522. The van der Waals surface area contributed by atoms with Crippen molar-refractivity contribution in [3.05, 3.63) is 12.2 Å². The largest absolute Gasteiger partial charge is 0.239 e. The van der Waals surface area contributed by atoms with Gasteiger partial charge in [-0.1, -0.05) is 12.2 Å². The molecular weight excluding hydrogens is 232 g/mol. The molecule has 0 spiro atoms. The zero-order chi connectivity index (χ0) is 11.0. The van der Waals surface area contributed by atoms with Crippen LogP contribution in [0.1, 0.15) is 6.42 Å². The van der Waals surface area contributed by atoms with Crippen LogP contribution in [0.3, 0.4) is 0 Å². The average Bonchev–Trinajstić information content (AvgIpc) is 1.99. The zero-order valence-corrected chi connectivity index (χ0v) is 12.2. The van der Waals surface area contributed by atoms with Gasteiger partial charge in [0.2, 0.25) is 0 Å². The molecule has 1 saturated heterocycles. The van der Waals surface area contributed by atoms with Crippen molar-refractivity contribution < 1.29 is 0 Å². The highest BCUT2D eigenvalue weighted by Gasteiger charge is 2.35. The lowest BCUT2D eigenvalue weighted by Gasteiger charge is -2.53. The summed E-state index contributed by atoms with van der Waals surface area (Å²) in [6, 6.07) is 0. The summed E-state index contributed by atoms with van der Waals surface area (Å²) in [6.45, 7) is 4.14. The molecule has 0 amide bonds. The smallest absolute Gasteiger partial charge is 0.0441 e. The Morgan fingerprint density at radius 2 is 1.93 bits per heavy atom. The van der Waals surface area contributed by atoms with Crippen molar-refractivity contribution in [1.29, 1.82) is 0 Å². The third kappa shape index (κ3) is 2.86. The first-order valence-corrected chi connectivity index (χ1v) is 10.9. The molecule has 1 aliphatic heterocycles. The topological polar surface area (TPSA) is 0 Å². The maximum absolute atomic E-state index is 5.90. The minimum atomic E-state index is -0.489. The number of hydrogen-bond acceptors (Lipinski definition) is 0. The van der Waals surface area contributed by atoms with E-state index in [0.29, 0.717) is 5.88 Å². The summed E-state index contributed by atoms with van der Waals surface area (Å²) in [4.78, 5) is 0. The summed E-state index contributed by atoms with van der Waals surface area (Å²) in [6.07, 6.45) is 11.2. The fourth-order valence-electron chi connectivity index (χ4n) is 2.45. The van der Waals surface area contributed by atoms with Crippen LogP contribution in [0.4, 0.5) is 0 Å². The van der Waals surface area contributed by atoms with Crippen molar-refractivity contribution in [2.75, 3.05) is 41.7 Å². The molecule has 0 nitrogen and oxygen atoms in total. The summed E-state index contributed by atoms with van der Waals surface area (Å²) in [7, 11) is -0.802. The van der Waals surface area contributed by atoms with Gasteiger partial charge in [0.25, 0.3) is 0 Å². The molecule has 0 bridgehead atoms. The normalized spacial score (nSPS) is 34.5. The lowest BCUT2D eigenvalue weighted by molar-refractivity contribution is 0.918. The highest BCUT2D eigenvalue weighted by Crippen LogP contribution is 2.64. The molecule has 0 aliphatic carbocycles. The van der Waals surface area contributed by atoms with Gasteiger partial charge in [-0.25, -0.2) is 20.1 Å². The second kappa shape index (κ2) is 4.31. The maximum atomic E-state index is 5.90. The van der Waals surface area contributed by atoms with Gasteiger partial charge in [0.1, 0.15) is 0 Å². The van der Waals surface area contributed by atoms with Crippen LogP contribution in [0, 0.1) is 0 Å². The highest BCUT2D eigenvalue weighted by atomic mass is 35.5. The Labute approximate surface area is 97.1 Å². The number of rotatable bonds is 2. The van der Waals surface area contributed by atoms with Gasteiger partial charge in [-0.2, -0.15) is 0 Å². The first kappa shape index (κ1) is 12.8. The predicted molar refractivity (Wildman–Crippen MR) is 76.9 cm³/mol. The molecule has 0 N–H and O–H groups in total. The van der Waals surface area contributed by atoms with Crippen LogP contribution in [0.15, 0.2) is 12.2 Å². The van der Waals surface area contributed by atoms with E-state index in [0.717, 1.165) is 5.25 Å². The van der Waals surface area contributed by atoms with Crippen LogP contribution in [0.2, 0.25) is 0 Å². The molecule has 1 aliphatic rings. The van der Waals surface area contributed by atoms with Gasteiger partial charge in [-0.05, 0) is 37.2 Å². The Morgan fingerprint density at radius 3 is 2.36 bits per heavy atom. The summed E-state index contributed by atoms with van der Waals surface area (Å²) in [5, 5.41) is 2.17. The Balaban J connectivity index is 2.78. The summed E-state index contributed by atoms with van der Waals surface area (Å²) in [5.41, 5.74) is 1.28. The van der Waals surface area contributed by atoms with Crippen molar-refractivity contribution in [3.8, 4) is 0 Å². The van der Waals surface area contributed by atoms with E-state index in [9.17, 15) is 0 Å². The van der Waals surface area contributed by atoms with Crippen LogP contribution >= 0.6 is 31.7 Å². The van der Waals surface area contributed by atoms with E-state index >= 15 is 0 Å². The van der Waals surface area contributed by atoms with Crippen LogP contribution in [-0.4, -0.2) is 47.0 Å². The molecule has 1 heterocycles. The first-order chi connectivity index (χ1) is 6.28. The van der Waals surface area contributed by atoms with E-state index in [1.807, 2.05) is 0 Å². The molecule has 14 heavy (non-hydrogen) atoms. The van der Waals surface area contributed by atoms with E-state index < -0.39 is 10.0 Å². The van der Waals surface area contributed by atoms with Crippen molar-refractivity contribution >= 4 is 31.7 Å². The van der Waals surface area contributed by atoms with Gasteiger partial charge in [0, 0.05) is 16.2 Å². The number of halogens is 1. The monoisotopic (exact) mass is 254 g/mol. The minimum absolute atomic E-state index is 0.312. The molecule has 86 valence electrons. The number of alkyl halides is 1. The van der Waals surface area contributed by atoms with E-state index in [1.165, 1.54) is 22.8 Å². The maximum Gasteiger partial charge on any atom is 0.0441 e. The fraction of sp³-hybridized carbons (Fsp3) is 0.818. The fourth-order valence-corrected chi connectivity index (χ4v) is 13.2. The van der Waals surface area contributed by atoms with Gasteiger partial charge >= 0.3 is 0 Å². The summed E-state index contributed by atoms with van der Waals surface area (Å²) >= 11 is 5.90. The van der Waals surface area contributed by atoms with Crippen molar-refractivity contribution in [2.24, 2.45) is 0 Å². The van der Waals surface area contributed by atoms with Gasteiger partial charge in [0.15, 0.2) is 0 Å². The summed E-state index contributed by atoms with van der Waals surface area (Å²) < 4.78 is 0. The Kier molecular flexibility index (Phi) is 3.94. The molecule has 0 aromatic rings. The third-order valence-electron chi connectivity index (χ3n) is 2.95. The zero-order valence-electron chi connectivity index (χ0n) is 9.81. The first-order valence-electron chi connectivity index (χ1n) is 4.91. The van der Waals surface area contributed by atoms with Gasteiger partial charge in [-0.15, -0.1) is 11.6 Å². The Morgan fingerprint density at radius 1 is 1.36 bits per heavy atom. The van der Waals surface area contributed by atoms with Gasteiger partial charge < -0.3 is 0 Å². The molecule has 1 fully saturated rings. The molecule has 1 atom stereocenters. The second-order valence-corrected chi connectivity index (χ2v) is 14.3. The van der Waals surface area contributed by atoms with E-state index in [-0.39, 0.29) is 10.0 Å². The SMILES string of the molecule is C=C(CCl)C1CCS(C)(C)CS1(C)C. The van der Waals surface area contributed by atoms with Gasteiger partial charge in [-0.3, -0.25) is 0 Å². The molecular formula is C11H23ClS2. The van der Waals surface area contributed by atoms with E-state index in [1.54, 1.807) is 0 Å². The molecule has 1 rings (SSSR count). The molecule has 3 heteroatoms. The van der Waals surface area contributed by atoms with Crippen molar-refractivity contribution in [3.63, 3.8) is 0 Å². The average molecular weight is 255 g/mol. The predicted octanol–water partition coefficient (Wildman–Crippen LogP) is 3.64. The highest BCUT2D eigenvalue weighted by molar-refractivity contribution is 8.48. The molecule has 1 unspecified atom stereocenters. The van der Waals surface area contributed by atoms with Crippen LogP contribution in [-0.2, 0) is 0 Å². The molecule has 0 saturated carbocycles. The standard InChI is InChI=1S/C11H23ClS2/c1-10(8-12)11-6-7-13(2,3)9-14(11,4)5/h11H,1,6-9H2,2-5H3. The molecule has 0 aromatic carbocycles. The molecule has 0 radical (unpaired) electrons. The number of hydrogen-bond donors (Lipinski definition) is 0. The second-order valence-electron chi connectivity index (χ2n) is 5.28. The van der Waals surface area contributed by atoms with Crippen molar-refractivity contribution in [1.82, 2.24) is 0 Å². The minimum Gasteiger partial charge on any atom is -0.239 e. The van der Waals surface area contributed by atoms with Crippen LogP contribution in [0.25, 0.3) is 0 Å². The van der Waals surface area contributed by atoms with Crippen LogP contribution in [0.5, 0.6) is 0 Å². The van der Waals surface area contributed by atoms with E-state index in [2.05, 4.69) is 31.6 Å². The van der Waals surface area contributed by atoms with Crippen molar-refractivity contribution in [2.45, 2.75) is 11.7 Å². The van der Waals surface area contributed by atoms with Gasteiger partial charge in [0.05, 0.1) is 0 Å². The Hall–Kier alpha value is 0.730. The lowest BCUT2D eigenvalue weighted by atomic mass is 10.2. The summed E-state index contributed by atoms with van der Waals surface area (Å²) in [5.74, 6) is 2.06. The third-order valence-corrected chi connectivity index (χ3v) is 11.7. The van der Waals surface area contributed by atoms with Crippen LogP contribution < -0.4 is 0 Å². The van der Waals surface area contributed by atoms with E-state index in [4.69, 9.17) is 11.6 Å². The molecule has 0 aromatic heterocycles.